The largest absolute Gasteiger partial charge is 0.312 e. The van der Waals surface area contributed by atoms with Crippen molar-refractivity contribution in [1.82, 2.24) is 9.38 Å². The molecular weight excluding hydrogens is 425 g/mol. The number of rotatable bonds is 7. The van der Waals surface area contributed by atoms with Crippen molar-refractivity contribution >= 4 is 48.3 Å². The van der Waals surface area contributed by atoms with E-state index in [-0.39, 0.29) is 0 Å². The van der Waals surface area contributed by atoms with E-state index in [0.717, 1.165) is 17.6 Å². The molecule has 7 heteroatoms. The molecule has 3 aromatic rings. The van der Waals surface area contributed by atoms with Gasteiger partial charge in [0.25, 0.3) is 0 Å². The zero-order chi connectivity index (χ0) is 16.1. The van der Waals surface area contributed by atoms with Gasteiger partial charge in [-0.25, -0.2) is 4.98 Å². The summed E-state index contributed by atoms with van der Waals surface area (Å²) < 4.78 is 7.29. The lowest BCUT2D eigenvalue weighted by atomic mass is 9.99. The molecule has 0 aliphatic heterocycles. The number of carbonyl (C=O) groups is 1. The Hall–Kier alpha value is -1.58. The second-order valence-electron chi connectivity index (χ2n) is 4.86. The number of hydrogen-bond donors (Lipinski definition) is 1. The molecule has 0 radical (unpaired) electrons. The quantitative estimate of drug-likeness (QED) is 0.261. The van der Waals surface area contributed by atoms with Crippen molar-refractivity contribution in [2.75, 3.05) is 11.9 Å². The Morgan fingerprint density at radius 2 is 2.13 bits per heavy atom. The fourth-order valence-electron chi connectivity index (χ4n) is 2.48. The number of nitrogens with one attached hydrogen (secondary N) is 1. The highest BCUT2D eigenvalue weighted by Gasteiger charge is 2.07. The van der Waals surface area contributed by atoms with Crippen molar-refractivity contribution in [2.45, 2.75) is 6.42 Å². The molecule has 2 heterocycles. The molecule has 0 fully saturated rings. The topological polar surface area (TPSA) is 55.6 Å². The standard InChI is InChI=1S/C16H14IN3O2S/c17-23-22-8-7-12-3-1-2-4-14(12)13-5-6-16-19-15(18-11-21)10-20(16)9-13/h1-6,9-11H,7-8H2,(H,18,21). The molecule has 1 N–H and O–H groups in total. The Morgan fingerprint density at radius 3 is 2.96 bits per heavy atom. The van der Waals surface area contributed by atoms with Crippen LogP contribution < -0.4 is 5.32 Å². The van der Waals surface area contributed by atoms with Gasteiger partial charge in [0.05, 0.1) is 22.0 Å². The molecule has 118 valence electrons. The van der Waals surface area contributed by atoms with Crippen molar-refractivity contribution in [2.24, 2.45) is 0 Å². The van der Waals surface area contributed by atoms with Crippen LogP contribution in [0.3, 0.4) is 0 Å². The highest BCUT2D eigenvalue weighted by molar-refractivity contribution is 14.2. The van der Waals surface area contributed by atoms with Gasteiger partial charge in [-0.3, -0.25) is 4.79 Å². The number of halogens is 1. The van der Waals surface area contributed by atoms with Gasteiger partial charge < -0.3 is 13.9 Å². The van der Waals surface area contributed by atoms with E-state index < -0.39 is 0 Å². The predicted octanol–water partition coefficient (Wildman–Crippen LogP) is 4.13. The molecule has 0 aliphatic rings. The average Bonchev–Trinajstić information content (AvgIpc) is 2.97. The van der Waals surface area contributed by atoms with Gasteiger partial charge in [-0.2, -0.15) is 0 Å². The molecule has 5 nitrogen and oxygen atoms in total. The molecular formula is C16H14IN3O2S. The summed E-state index contributed by atoms with van der Waals surface area (Å²) in [6.45, 7) is 0.672. The van der Waals surface area contributed by atoms with E-state index in [1.807, 2.05) is 34.9 Å². The number of anilines is 1. The van der Waals surface area contributed by atoms with Crippen molar-refractivity contribution in [3.8, 4) is 11.1 Å². The Bertz CT molecular complexity index is 822. The van der Waals surface area contributed by atoms with E-state index in [4.69, 9.17) is 4.18 Å². The van der Waals surface area contributed by atoms with E-state index >= 15 is 0 Å². The molecule has 2 aromatic heterocycles. The van der Waals surface area contributed by atoms with Gasteiger partial charge in [0.15, 0.2) is 5.82 Å². The summed E-state index contributed by atoms with van der Waals surface area (Å²) in [5.74, 6) is 0.540. The van der Waals surface area contributed by atoms with Crippen LogP contribution in [0.15, 0.2) is 48.8 Å². The van der Waals surface area contributed by atoms with Crippen molar-refractivity contribution in [3.05, 3.63) is 54.4 Å². The maximum absolute atomic E-state index is 10.5. The summed E-state index contributed by atoms with van der Waals surface area (Å²) >= 11 is 2.12. The van der Waals surface area contributed by atoms with Crippen LogP contribution in [0.5, 0.6) is 0 Å². The molecule has 23 heavy (non-hydrogen) atoms. The van der Waals surface area contributed by atoms with E-state index in [2.05, 4.69) is 43.6 Å². The van der Waals surface area contributed by atoms with Gasteiger partial charge in [-0.05, 0) is 35.2 Å². The average molecular weight is 439 g/mol. The summed E-state index contributed by atoms with van der Waals surface area (Å²) in [7, 11) is 1.35. The minimum Gasteiger partial charge on any atom is -0.312 e. The molecule has 0 unspecified atom stereocenters. The van der Waals surface area contributed by atoms with Crippen LogP contribution in [0.25, 0.3) is 16.8 Å². The highest BCUT2D eigenvalue weighted by atomic mass is 127. The maximum atomic E-state index is 10.5. The Balaban J connectivity index is 1.94. The molecule has 1 amide bonds. The van der Waals surface area contributed by atoms with E-state index in [0.29, 0.717) is 18.8 Å². The van der Waals surface area contributed by atoms with Crippen LogP contribution in [0, 0.1) is 0 Å². The van der Waals surface area contributed by atoms with Crippen molar-refractivity contribution in [1.29, 1.82) is 0 Å². The Kier molecular flexibility index (Phi) is 5.52. The van der Waals surface area contributed by atoms with E-state index in [1.54, 1.807) is 6.20 Å². The Morgan fingerprint density at radius 1 is 1.26 bits per heavy atom. The first-order valence-electron chi connectivity index (χ1n) is 6.99. The summed E-state index contributed by atoms with van der Waals surface area (Å²) in [5, 5.41) is 2.57. The second kappa shape index (κ2) is 7.80. The van der Waals surface area contributed by atoms with Gasteiger partial charge in [0.1, 0.15) is 5.65 Å². The third kappa shape index (κ3) is 3.85. The lowest BCUT2D eigenvalue weighted by Crippen LogP contribution is -1.96. The smallest absolute Gasteiger partial charge is 0.212 e. The number of hydrogen-bond acceptors (Lipinski definition) is 4. The first-order chi connectivity index (χ1) is 11.3. The zero-order valence-electron chi connectivity index (χ0n) is 12.1. The lowest BCUT2D eigenvalue weighted by molar-refractivity contribution is -0.105. The van der Waals surface area contributed by atoms with Gasteiger partial charge in [-0.15, -0.1) is 0 Å². The van der Waals surface area contributed by atoms with Crippen LogP contribution in [0.2, 0.25) is 0 Å². The minimum absolute atomic E-state index is 0.540. The monoisotopic (exact) mass is 439 g/mol. The van der Waals surface area contributed by atoms with E-state index in [1.165, 1.54) is 20.3 Å². The van der Waals surface area contributed by atoms with Gasteiger partial charge in [-0.1, -0.05) is 24.3 Å². The summed E-state index contributed by atoms with van der Waals surface area (Å²) in [6, 6.07) is 12.3. The highest BCUT2D eigenvalue weighted by Crippen LogP contribution is 2.26. The number of aromatic nitrogens is 2. The summed E-state index contributed by atoms with van der Waals surface area (Å²) in [6.07, 6.45) is 5.30. The number of pyridine rings is 1. The fourth-order valence-corrected chi connectivity index (χ4v) is 3.17. The molecule has 0 bridgehead atoms. The first kappa shape index (κ1) is 16.3. The number of benzene rings is 1. The molecule has 1 aromatic carbocycles. The van der Waals surface area contributed by atoms with Crippen LogP contribution in [0.1, 0.15) is 5.56 Å². The summed E-state index contributed by atoms with van der Waals surface area (Å²) in [4.78, 5) is 14.9. The van der Waals surface area contributed by atoms with Crippen LogP contribution in [-0.2, 0) is 15.4 Å². The lowest BCUT2D eigenvalue weighted by Gasteiger charge is -2.09. The van der Waals surface area contributed by atoms with Gasteiger partial charge in [0, 0.05) is 27.4 Å². The Labute approximate surface area is 150 Å². The van der Waals surface area contributed by atoms with E-state index in [9.17, 15) is 4.79 Å². The second-order valence-corrected chi connectivity index (χ2v) is 6.30. The number of imidazole rings is 1. The van der Waals surface area contributed by atoms with Crippen molar-refractivity contribution < 1.29 is 8.98 Å². The molecule has 0 saturated carbocycles. The fraction of sp³-hybridized carbons (Fsp3) is 0.125. The maximum Gasteiger partial charge on any atom is 0.212 e. The third-order valence-electron chi connectivity index (χ3n) is 3.49. The number of carbonyl (C=O) groups excluding carboxylic acids is 1. The first-order valence-corrected chi connectivity index (χ1v) is 10.3. The molecule has 3 rings (SSSR count). The zero-order valence-corrected chi connectivity index (χ0v) is 15.1. The number of amides is 1. The molecule has 0 spiro atoms. The molecule has 0 saturated heterocycles. The van der Waals surface area contributed by atoms with Crippen LogP contribution in [0.4, 0.5) is 5.82 Å². The molecule has 0 atom stereocenters. The van der Waals surface area contributed by atoms with Crippen LogP contribution in [-0.4, -0.2) is 22.4 Å². The summed E-state index contributed by atoms with van der Waals surface area (Å²) in [5.41, 5.74) is 4.31. The van der Waals surface area contributed by atoms with Gasteiger partial charge in [0.2, 0.25) is 6.41 Å². The normalized spacial score (nSPS) is 10.8. The number of nitrogens with zero attached hydrogens (tertiary/aromatic N) is 2. The minimum atomic E-state index is 0.540. The number of fused-ring (bicyclic) bond motifs is 1. The third-order valence-corrected chi connectivity index (χ3v) is 4.50. The van der Waals surface area contributed by atoms with Crippen molar-refractivity contribution in [3.63, 3.8) is 0 Å². The predicted molar refractivity (Wildman–Crippen MR) is 102 cm³/mol. The molecule has 0 aliphatic carbocycles. The van der Waals surface area contributed by atoms with Crippen LogP contribution >= 0.6 is 30.4 Å². The SMILES string of the molecule is O=CNc1cn2cc(-c3ccccc3CCOSI)ccc2n1. The van der Waals surface area contributed by atoms with Gasteiger partial charge >= 0.3 is 0 Å².